The Morgan fingerprint density at radius 2 is 2.12 bits per heavy atom. The maximum absolute atomic E-state index is 12.9. The summed E-state index contributed by atoms with van der Waals surface area (Å²) in [6.07, 6.45) is 3.35. The van der Waals surface area contributed by atoms with Crippen LogP contribution in [0.25, 0.3) is 11.0 Å². The third-order valence-electron chi connectivity index (χ3n) is 4.57. The molecule has 3 heterocycles. The number of amides is 1. The third kappa shape index (κ3) is 3.07. The van der Waals surface area contributed by atoms with Gasteiger partial charge in [0.15, 0.2) is 9.84 Å². The van der Waals surface area contributed by atoms with Crippen LogP contribution in [-0.4, -0.2) is 62.0 Å². The van der Waals surface area contributed by atoms with Crippen molar-refractivity contribution in [2.75, 3.05) is 18.1 Å². The second kappa shape index (κ2) is 6.20. The molecular formula is C16H18N6O3S. The number of nitrogens with zero attached hydrogens (tertiary/aromatic N) is 6. The topological polar surface area (TPSA) is 103 Å². The molecule has 10 heteroatoms. The van der Waals surface area contributed by atoms with E-state index in [0.717, 1.165) is 5.52 Å². The van der Waals surface area contributed by atoms with Crippen molar-refractivity contribution in [3.8, 4) is 0 Å². The summed E-state index contributed by atoms with van der Waals surface area (Å²) in [6.45, 7) is 0.171. The first-order chi connectivity index (χ1) is 12.4. The van der Waals surface area contributed by atoms with Gasteiger partial charge in [-0.3, -0.25) is 9.48 Å². The zero-order valence-electron chi connectivity index (χ0n) is 14.2. The second-order valence-electron chi connectivity index (χ2n) is 6.40. The molecule has 1 amide bonds. The van der Waals surface area contributed by atoms with Crippen LogP contribution in [0.5, 0.6) is 0 Å². The Morgan fingerprint density at radius 3 is 2.88 bits per heavy atom. The Bertz CT molecular complexity index is 1070. The molecule has 26 heavy (non-hydrogen) atoms. The zero-order chi connectivity index (χ0) is 18.3. The molecule has 1 aliphatic heterocycles. The first-order valence-electron chi connectivity index (χ1n) is 8.20. The van der Waals surface area contributed by atoms with Crippen LogP contribution in [0.3, 0.4) is 0 Å². The van der Waals surface area contributed by atoms with E-state index in [-0.39, 0.29) is 30.5 Å². The summed E-state index contributed by atoms with van der Waals surface area (Å²) in [5.74, 6) is -0.319. The highest BCUT2D eigenvalue weighted by atomic mass is 32.2. The molecule has 0 bridgehead atoms. The standard InChI is InChI=1S/C16H18N6O3S/c1-20-9-12(8-17-20)15-11-26(24,25)7-6-21(15)16(23)10-22-14-5-3-2-4-13(14)18-19-22/h2-5,8-9,15H,6-7,10-11H2,1H3. The summed E-state index contributed by atoms with van der Waals surface area (Å²) in [5.41, 5.74) is 2.20. The van der Waals surface area contributed by atoms with Gasteiger partial charge in [0.25, 0.3) is 0 Å². The number of carbonyl (C=O) groups excluding carboxylic acids is 1. The molecule has 0 radical (unpaired) electrons. The van der Waals surface area contributed by atoms with Gasteiger partial charge in [-0.2, -0.15) is 5.10 Å². The average Bonchev–Trinajstić information content (AvgIpc) is 3.21. The van der Waals surface area contributed by atoms with Crippen molar-refractivity contribution in [2.24, 2.45) is 7.05 Å². The largest absolute Gasteiger partial charge is 0.332 e. The van der Waals surface area contributed by atoms with Crippen LogP contribution in [0.4, 0.5) is 0 Å². The number of hydrogen-bond acceptors (Lipinski definition) is 6. The van der Waals surface area contributed by atoms with Crippen LogP contribution in [-0.2, 0) is 28.2 Å². The smallest absolute Gasteiger partial charge is 0.244 e. The lowest BCUT2D eigenvalue weighted by Gasteiger charge is -2.35. The van der Waals surface area contributed by atoms with Gasteiger partial charge in [0.1, 0.15) is 12.1 Å². The third-order valence-corrected chi connectivity index (χ3v) is 6.19. The summed E-state index contributed by atoms with van der Waals surface area (Å²) >= 11 is 0. The quantitative estimate of drug-likeness (QED) is 0.647. The molecule has 1 aromatic carbocycles. The monoisotopic (exact) mass is 374 g/mol. The molecule has 3 aromatic rings. The van der Waals surface area contributed by atoms with Crippen molar-refractivity contribution in [3.05, 3.63) is 42.2 Å². The van der Waals surface area contributed by atoms with Crippen LogP contribution in [0.1, 0.15) is 11.6 Å². The molecule has 1 atom stereocenters. The van der Waals surface area contributed by atoms with Crippen LogP contribution >= 0.6 is 0 Å². The molecule has 136 valence electrons. The van der Waals surface area contributed by atoms with Gasteiger partial charge in [-0.1, -0.05) is 17.3 Å². The van der Waals surface area contributed by atoms with Gasteiger partial charge < -0.3 is 4.90 Å². The van der Waals surface area contributed by atoms with Crippen molar-refractivity contribution < 1.29 is 13.2 Å². The van der Waals surface area contributed by atoms with Crippen LogP contribution in [0.15, 0.2) is 36.7 Å². The number of aromatic nitrogens is 5. The average molecular weight is 374 g/mol. The molecule has 1 saturated heterocycles. The van der Waals surface area contributed by atoms with Gasteiger partial charge in [0.2, 0.25) is 5.91 Å². The Morgan fingerprint density at radius 1 is 1.31 bits per heavy atom. The van der Waals surface area contributed by atoms with Gasteiger partial charge in [0.05, 0.1) is 29.3 Å². The molecule has 1 unspecified atom stereocenters. The van der Waals surface area contributed by atoms with Gasteiger partial charge in [-0.05, 0) is 12.1 Å². The van der Waals surface area contributed by atoms with E-state index in [2.05, 4.69) is 15.4 Å². The van der Waals surface area contributed by atoms with Gasteiger partial charge in [0, 0.05) is 25.4 Å². The van der Waals surface area contributed by atoms with E-state index in [9.17, 15) is 13.2 Å². The molecule has 0 saturated carbocycles. The first kappa shape index (κ1) is 16.7. The molecule has 9 nitrogen and oxygen atoms in total. The first-order valence-corrected chi connectivity index (χ1v) is 10.0. The summed E-state index contributed by atoms with van der Waals surface area (Å²) < 4.78 is 27.4. The van der Waals surface area contributed by atoms with Crippen molar-refractivity contribution in [3.63, 3.8) is 0 Å². The van der Waals surface area contributed by atoms with E-state index in [1.807, 2.05) is 24.3 Å². The lowest BCUT2D eigenvalue weighted by molar-refractivity contribution is -0.134. The minimum absolute atomic E-state index is 0.0112. The molecule has 0 spiro atoms. The fraction of sp³-hybridized carbons (Fsp3) is 0.375. The molecule has 0 N–H and O–H groups in total. The van der Waals surface area contributed by atoms with E-state index in [1.54, 1.807) is 33.7 Å². The minimum Gasteiger partial charge on any atom is -0.332 e. The van der Waals surface area contributed by atoms with Gasteiger partial charge >= 0.3 is 0 Å². The lowest BCUT2D eigenvalue weighted by Crippen LogP contribution is -2.47. The Labute approximate surface area is 150 Å². The highest BCUT2D eigenvalue weighted by molar-refractivity contribution is 7.91. The number of aryl methyl sites for hydroxylation is 1. The number of fused-ring (bicyclic) bond motifs is 1. The van der Waals surface area contributed by atoms with Gasteiger partial charge in [-0.15, -0.1) is 5.10 Å². The fourth-order valence-electron chi connectivity index (χ4n) is 3.25. The molecule has 2 aromatic heterocycles. The van der Waals surface area contributed by atoms with E-state index in [4.69, 9.17) is 0 Å². The summed E-state index contributed by atoms with van der Waals surface area (Å²) in [4.78, 5) is 14.5. The van der Waals surface area contributed by atoms with Crippen molar-refractivity contribution >= 4 is 26.8 Å². The maximum atomic E-state index is 12.9. The number of hydrogen-bond donors (Lipinski definition) is 0. The fourth-order valence-corrected chi connectivity index (χ4v) is 4.74. The number of rotatable bonds is 3. The predicted octanol–water partition coefficient (Wildman–Crippen LogP) is 0.163. The van der Waals surface area contributed by atoms with Crippen molar-refractivity contribution in [1.82, 2.24) is 29.7 Å². The summed E-state index contributed by atoms with van der Waals surface area (Å²) in [5, 5.41) is 12.2. The van der Waals surface area contributed by atoms with Crippen LogP contribution in [0.2, 0.25) is 0 Å². The summed E-state index contributed by atoms with van der Waals surface area (Å²) in [6, 6.07) is 6.86. The van der Waals surface area contributed by atoms with Crippen molar-refractivity contribution in [2.45, 2.75) is 12.6 Å². The molecule has 1 aliphatic rings. The van der Waals surface area contributed by atoms with E-state index < -0.39 is 15.9 Å². The highest BCUT2D eigenvalue weighted by Gasteiger charge is 2.36. The SMILES string of the molecule is Cn1cc(C2CS(=O)(=O)CCN2C(=O)Cn2nnc3ccccc32)cn1. The maximum Gasteiger partial charge on any atom is 0.244 e. The molecular weight excluding hydrogens is 356 g/mol. The lowest BCUT2D eigenvalue weighted by atomic mass is 10.1. The minimum atomic E-state index is -3.20. The van der Waals surface area contributed by atoms with E-state index in [0.29, 0.717) is 11.1 Å². The molecule has 4 rings (SSSR count). The number of benzene rings is 1. The summed E-state index contributed by atoms with van der Waals surface area (Å²) in [7, 11) is -1.44. The number of sulfone groups is 1. The Kier molecular flexibility index (Phi) is 3.98. The van der Waals surface area contributed by atoms with E-state index >= 15 is 0 Å². The van der Waals surface area contributed by atoms with E-state index in [1.165, 1.54) is 0 Å². The van der Waals surface area contributed by atoms with Crippen LogP contribution in [0, 0.1) is 0 Å². The number of carbonyl (C=O) groups is 1. The Balaban J connectivity index is 1.62. The normalized spacial score (nSPS) is 19.7. The number of para-hydroxylation sites is 1. The highest BCUT2D eigenvalue weighted by Crippen LogP contribution is 2.27. The van der Waals surface area contributed by atoms with Crippen LogP contribution < -0.4 is 0 Å². The predicted molar refractivity (Wildman–Crippen MR) is 93.8 cm³/mol. The van der Waals surface area contributed by atoms with Crippen molar-refractivity contribution in [1.29, 1.82) is 0 Å². The second-order valence-corrected chi connectivity index (χ2v) is 8.63. The Hall–Kier alpha value is -2.75. The molecule has 1 fully saturated rings. The zero-order valence-corrected chi connectivity index (χ0v) is 15.0. The van der Waals surface area contributed by atoms with Gasteiger partial charge in [-0.25, -0.2) is 13.1 Å². The molecule has 0 aliphatic carbocycles.